The minimum atomic E-state index is -0.961. The van der Waals surface area contributed by atoms with Crippen LogP contribution in [-0.4, -0.2) is 28.8 Å². The van der Waals surface area contributed by atoms with Crippen LogP contribution in [0.3, 0.4) is 0 Å². The first-order valence-corrected chi connectivity index (χ1v) is 7.05. The van der Waals surface area contributed by atoms with Crippen molar-refractivity contribution in [1.29, 1.82) is 0 Å². The maximum absolute atomic E-state index is 13.7. The van der Waals surface area contributed by atoms with Crippen molar-refractivity contribution < 1.29 is 18.4 Å². The van der Waals surface area contributed by atoms with Gasteiger partial charge in [-0.05, 0) is 18.9 Å². The molecule has 4 nitrogen and oxygen atoms in total. The first-order valence-electron chi connectivity index (χ1n) is 7.05. The molecule has 0 unspecified atom stereocenters. The van der Waals surface area contributed by atoms with Crippen molar-refractivity contribution in [2.45, 2.75) is 37.8 Å². The van der Waals surface area contributed by atoms with Gasteiger partial charge < -0.3 is 10.2 Å². The SMILES string of the molecule is O=C1CN(Cc2cccc(F)c2F)C(=O)C2(CCCC2)N1. The molecule has 21 heavy (non-hydrogen) atoms. The van der Waals surface area contributed by atoms with Crippen LogP contribution in [0.5, 0.6) is 0 Å². The lowest BCUT2D eigenvalue weighted by atomic mass is 9.93. The maximum atomic E-state index is 13.7. The number of amides is 2. The summed E-state index contributed by atoms with van der Waals surface area (Å²) in [7, 11) is 0. The average molecular weight is 294 g/mol. The van der Waals surface area contributed by atoms with Gasteiger partial charge in [-0.2, -0.15) is 0 Å². The minimum absolute atomic E-state index is 0.0857. The van der Waals surface area contributed by atoms with Crippen LogP contribution in [0.4, 0.5) is 8.78 Å². The molecule has 1 spiro atoms. The highest BCUT2D eigenvalue weighted by atomic mass is 19.2. The molecule has 112 valence electrons. The van der Waals surface area contributed by atoms with E-state index >= 15 is 0 Å². The highest BCUT2D eigenvalue weighted by Crippen LogP contribution is 2.33. The summed E-state index contributed by atoms with van der Waals surface area (Å²) in [5, 5.41) is 2.79. The van der Waals surface area contributed by atoms with Crippen LogP contribution in [-0.2, 0) is 16.1 Å². The first-order chi connectivity index (χ1) is 10.0. The number of nitrogens with zero attached hydrogens (tertiary/aromatic N) is 1. The maximum Gasteiger partial charge on any atom is 0.249 e. The van der Waals surface area contributed by atoms with E-state index in [0.29, 0.717) is 12.8 Å². The molecule has 2 amide bonds. The predicted molar refractivity (Wildman–Crippen MR) is 71.1 cm³/mol. The molecule has 6 heteroatoms. The number of carbonyl (C=O) groups excluding carboxylic acids is 2. The third-order valence-corrected chi connectivity index (χ3v) is 4.26. The molecule has 0 aromatic heterocycles. The van der Waals surface area contributed by atoms with Crippen molar-refractivity contribution in [1.82, 2.24) is 10.2 Å². The van der Waals surface area contributed by atoms with E-state index in [4.69, 9.17) is 0 Å². The van der Waals surface area contributed by atoms with Crippen molar-refractivity contribution in [3.63, 3.8) is 0 Å². The summed E-state index contributed by atoms with van der Waals surface area (Å²) in [4.78, 5) is 25.8. The number of nitrogens with one attached hydrogen (secondary N) is 1. The molecule has 1 N–H and O–H groups in total. The second-order valence-electron chi connectivity index (χ2n) is 5.71. The zero-order chi connectivity index (χ0) is 15.0. The summed E-state index contributed by atoms with van der Waals surface area (Å²) in [6.07, 6.45) is 2.99. The molecule has 0 bridgehead atoms. The molecular formula is C15H16F2N2O2. The second-order valence-corrected chi connectivity index (χ2v) is 5.71. The van der Waals surface area contributed by atoms with E-state index < -0.39 is 17.2 Å². The number of hydrogen-bond acceptors (Lipinski definition) is 2. The van der Waals surface area contributed by atoms with Crippen LogP contribution in [0.1, 0.15) is 31.2 Å². The van der Waals surface area contributed by atoms with Gasteiger partial charge in [-0.25, -0.2) is 8.78 Å². The Morgan fingerprint density at radius 1 is 1.19 bits per heavy atom. The van der Waals surface area contributed by atoms with E-state index in [1.54, 1.807) is 0 Å². The Kier molecular flexibility index (Phi) is 3.39. The average Bonchev–Trinajstić information content (AvgIpc) is 2.90. The van der Waals surface area contributed by atoms with E-state index in [0.717, 1.165) is 18.9 Å². The Balaban J connectivity index is 1.86. The Morgan fingerprint density at radius 3 is 2.62 bits per heavy atom. The van der Waals surface area contributed by atoms with E-state index in [1.165, 1.54) is 17.0 Å². The number of carbonyl (C=O) groups is 2. The van der Waals surface area contributed by atoms with Gasteiger partial charge in [0, 0.05) is 12.1 Å². The van der Waals surface area contributed by atoms with Crippen LogP contribution in [0.15, 0.2) is 18.2 Å². The molecule has 1 aromatic carbocycles. The Bertz CT molecular complexity index is 597. The molecule has 1 saturated heterocycles. The zero-order valence-corrected chi connectivity index (χ0v) is 11.5. The van der Waals surface area contributed by atoms with Gasteiger partial charge in [0.25, 0.3) is 0 Å². The van der Waals surface area contributed by atoms with Crippen molar-refractivity contribution in [3.8, 4) is 0 Å². The number of hydrogen-bond donors (Lipinski definition) is 1. The van der Waals surface area contributed by atoms with Gasteiger partial charge in [0.05, 0.1) is 6.54 Å². The van der Waals surface area contributed by atoms with Crippen molar-refractivity contribution >= 4 is 11.8 Å². The van der Waals surface area contributed by atoms with Crippen LogP contribution >= 0.6 is 0 Å². The van der Waals surface area contributed by atoms with E-state index in [-0.39, 0.29) is 30.5 Å². The number of halogens is 2. The lowest BCUT2D eigenvalue weighted by Crippen LogP contribution is -2.65. The predicted octanol–water partition coefficient (Wildman–Crippen LogP) is 1.74. The molecular weight excluding hydrogens is 278 g/mol. The fraction of sp³-hybridized carbons (Fsp3) is 0.467. The van der Waals surface area contributed by atoms with Crippen molar-refractivity contribution in [2.75, 3.05) is 6.54 Å². The third kappa shape index (κ3) is 2.39. The quantitative estimate of drug-likeness (QED) is 0.903. The van der Waals surface area contributed by atoms with Gasteiger partial charge in [0.15, 0.2) is 11.6 Å². The summed E-state index contributed by atoms with van der Waals surface area (Å²) in [5.41, 5.74) is -0.745. The van der Waals surface area contributed by atoms with Crippen molar-refractivity contribution in [3.05, 3.63) is 35.4 Å². The lowest BCUT2D eigenvalue weighted by molar-refractivity contribution is -0.150. The number of rotatable bonds is 2. The Morgan fingerprint density at radius 2 is 1.90 bits per heavy atom. The van der Waals surface area contributed by atoms with E-state index in [2.05, 4.69) is 5.32 Å². The minimum Gasteiger partial charge on any atom is -0.340 e. The second kappa shape index (κ2) is 5.09. The summed E-state index contributed by atoms with van der Waals surface area (Å²) in [5.74, 6) is -2.34. The van der Waals surface area contributed by atoms with Crippen LogP contribution < -0.4 is 5.32 Å². The molecule has 0 atom stereocenters. The topological polar surface area (TPSA) is 49.4 Å². The van der Waals surface area contributed by atoms with Crippen molar-refractivity contribution in [2.24, 2.45) is 0 Å². The molecule has 1 heterocycles. The fourth-order valence-electron chi connectivity index (χ4n) is 3.23. The van der Waals surface area contributed by atoms with Gasteiger partial charge in [0.2, 0.25) is 11.8 Å². The summed E-state index contributed by atoms with van der Waals surface area (Å²) in [6.45, 7) is -0.200. The molecule has 2 aliphatic rings. The molecule has 3 rings (SSSR count). The van der Waals surface area contributed by atoms with Gasteiger partial charge in [-0.15, -0.1) is 0 Å². The Hall–Kier alpha value is -1.98. The summed E-state index contributed by atoms with van der Waals surface area (Å²) in [6, 6.07) is 3.86. The lowest BCUT2D eigenvalue weighted by Gasteiger charge is -2.39. The fourth-order valence-corrected chi connectivity index (χ4v) is 3.23. The van der Waals surface area contributed by atoms with Gasteiger partial charge in [0.1, 0.15) is 5.54 Å². The number of benzene rings is 1. The summed E-state index contributed by atoms with van der Waals surface area (Å²) >= 11 is 0. The molecule has 1 saturated carbocycles. The number of piperazine rings is 1. The van der Waals surface area contributed by atoms with Crippen LogP contribution in [0, 0.1) is 11.6 Å². The molecule has 2 fully saturated rings. The standard InChI is InChI=1S/C15H16F2N2O2/c16-11-5-3-4-10(13(11)17)8-19-9-12(20)18-15(14(19)21)6-1-2-7-15/h3-5H,1-2,6-9H2,(H,18,20). The van der Waals surface area contributed by atoms with Crippen LogP contribution in [0.25, 0.3) is 0 Å². The highest BCUT2D eigenvalue weighted by Gasteiger charge is 2.48. The van der Waals surface area contributed by atoms with Gasteiger partial charge >= 0.3 is 0 Å². The molecule has 0 radical (unpaired) electrons. The summed E-state index contributed by atoms with van der Waals surface area (Å²) < 4.78 is 27.0. The van der Waals surface area contributed by atoms with Crippen LogP contribution in [0.2, 0.25) is 0 Å². The molecule has 1 aliphatic carbocycles. The van der Waals surface area contributed by atoms with E-state index in [9.17, 15) is 18.4 Å². The first kappa shape index (κ1) is 14.0. The molecule has 1 aliphatic heterocycles. The Labute approximate surface area is 121 Å². The normalized spacial score (nSPS) is 21.0. The monoisotopic (exact) mass is 294 g/mol. The molecule has 1 aromatic rings. The third-order valence-electron chi connectivity index (χ3n) is 4.26. The largest absolute Gasteiger partial charge is 0.340 e. The van der Waals surface area contributed by atoms with Gasteiger partial charge in [-0.3, -0.25) is 9.59 Å². The smallest absolute Gasteiger partial charge is 0.249 e. The highest BCUT2D eigenvalue weighted by molar-refractivity contribution is 5.98. The van der Waals surface area contributed by atoms with E-state index in [1.807, 2.05) is 0 Å². The van der Waals surface area contributed by atoms with Gasteiger partial charge in [-0.1, -0.05) is 25.0 Å². The zero-order valence-electron chi connectivity index (χ0n) is 11.5.